The molecule has 164 valence electrons. The number of nitrogens with one attached hydrogen (secondary N) is 3. The fourth-order valence-corrected chi connectivity index (χ4v) is 3.87. The molecule has 1 fully saturated rings. The quantitative estimate of drug-likeness (QED) is 0.243. The lowest BCUT2D eigenvalue weighted by Gasteiger charge is -2.16. The highest BCUT2D eigenvalue weighted by Crippen LogP contribution is 2.22. The molecule has 1 aromatic heterocycles. The van der Waals surface area contributed by atoms with Crippen molar-refractivity contribution in [2.24, 2.45) is 4.99 Å². The van der Waals surface area contributed by atoms with Gasteiger partial charge in [-0.25, -0.2) is 4.99 Å². The monoisotopic (exact) mass is 531 g/mol. The van der Waals surface area contributed by atoms with E-state index in [0.29, 0.717) is 13.0 Å². The van der Waals surface area contributed by atoms with Crippen LogP contribution in [0.5, 0.6) is 0 Å². The molecule has 0 bridgehead atoms. The average Bonchev–Trinajstić information content (AvgIpc) is 3.39. The first-order valence-electron chi connectivity index (χ1n) is 10.7. The Hall–Kier alpha value is -2.55. The van der Waals surface area contributed by atoms with Crippen molar-refractivity contribution in [2.75, 3.05) is 24.5 Å². The molecule has 0 radical (unpaired) electrons. The van der Waals surface area contributed by atoms with Crippen LogP contribution < -0.4 is 15.5 Å². The summed E-state index contributed by atoms with van der Waals surface area (Å²) < 4.78 is 0. The Bertz CT molecular complexity index is 1030. The highest BCUT2D eigenvalue weighted by Gasteiger charge is 2.21. The number of hydrogen-bond donors (Lipinski definition) is 3. The zero-order valence-corrected chi connectivity index (χ0v) is 20.2. The number of aromatic amines is 1. The van der Waals surface area contributed by atoms with Crippen molar-refractivity contribution in [3.05, 3.63) is 65.9 Å². The lowest BCUT2D eigenvalue weighted by Crippen LogP contribution is -2.38. The fourth-order valence-electron chi connectivity index (χ4n) is 3.87. The SMILES string of the molecule is CCNC(=NCc1ccc(N2CCCC2=O)cc1)NCCc1c[nH]c2ccccc12.I. The van der Waals surface area contributed by atoms with Gasteiger partial charge in [0.05, 0.1) is 6.54 Å². The highest BCUT2D eigenvalue weighted by molar-refractivity contribution is 14.0. The number of H-pyrrole nitrogens is 1. The zero-order valence-electron chi connectivity index (χ0n) is 17.9. The van der Waals surface area contributed by atoms with E-state index in [4.69, 9.17) is 4.99 Å². The van der Waals surface area contributed by atoms with E-state index in [1.165, 1.54) is 16.5 Å². The minimum Gasteiger partial charge on any atom is -0.361 e. The van der Waals surface area contributed by atoms with E-state index in [9.17, 15) is 4.79 Å². The number of guanidine groups is 1. The van der Waals surface area contributed by atoms with E-state index in [-0.39, 0.29) is 29.9 Å². The molecule has 1 amide bonds. The fraction of sp³-hybridized carbons (Fsp3) is 0.333. The number of carbonyl (C=O) groups is 1. The standard InChI is InChI=1S/C24H29N5O.HI/c1-2-25-24(26-14-13-19-17-27-22-7-4-3-6-21(19)22)28-16-18-9-11-20(12-10-18)29-15-5-8-23(29)30;/h3-4,6-7,9-12,17,27H,2,5,8,13-16H2,1H3,(H2,25,26,28);1H. The third kappa shape index (κ3) is 5.78. The Labute approximate surface area is 200 Å². The smallest absolute Gasteiger partial charge is 0.227 e. The topological polar surface area (TPSA) is 72.5 Å². The maximum absolute atomic E-state index is 11.9. The number of fused-ring (bicyclic) bond motifs is 1. The highest BCUT2D eigenvalue weighted by atomic mass is 127. The number of aromatic nitrogens is 1. The largest absolute Gasteiger partial charge is 0.361 e. The molecule has 0 saturated carbocycles. The van der Waals surface area contributed by atoms with Gasteiger partial charge in [-0.1, -0.05) is 30.3 Å². The van der Waals surface area contributed by atoms with Gasteiger partial charge in [0.2, 0.25) is 5.91 Å². The first kappa shape index (κ1) is 23.1. The predicted octanol–water partition coefficient (Wildman–Crippen LogP) is 4.21. The average molecular weight is 531 g/mol. The van der Waals surface area contributed by atoms with Crippen LogP contribution in [0.1, 0.15) is 30.9 Å². The number of halogens is 1. The summed E-state index contributed by atoms with van der Waals surface area (Å²) in [5.41, 5.74) is 4.58. The Kier molecular flexibility index (Phi) is 8.34. The van der Waals surface area contributed by atoms with Crippen LogP contribution in [-0.4, -0.2) is 36.5 Å². The van der Waals surface area contributed by atoms with Crippen molar-refractivity contribution in [3.63, 3.8) is 0 Å². The first-order valence-corrected chi connectivity index (χ1v) is 10.7. The summed E-state index contributed by atoms with van der Waals surface area (Å²) in [6, 6.07) is 16.5. The minimum absolute atomic E-state index is 0. The van der Waals surface area contributed by atoms with Crippen LogP contribution in [0.2, 0.25) is 0 Å². The van der Waals surface area contributed by atoms with Crippen LogP contribution in [0.4, 0.5) is 5.69 Å². The van der Waals surface area contributed by atoms with Crippen LogP contribution in [-0.2, 0) is 17.8 Å². The van der Waals surface area contributed by atoms with E-state index < -0.39 is 0 Å². The molecule has 7 heteroatoms. The number of carbonyl (C=O) groups excluding carboxylic acids is 1. The van der Waals surface area contributed by atoms with Crippen molar-refractivity contribution in [2.45, 2.75) is 32.7 Å². The molecule has 31 heavy (non-hydrogen) atoms. The molecule has 1 aliphatic heterocycles. The Morgan fingerprint density at radius 3 is 2.68 bits per heavy atom. The number of amides is 1. The number of anilines is 1. The predicted molar refractivity (Wildman–Crippen MR) is 138 cm³/mol. The molecule has 3 aromatic rings. The van der Waals surface area contributed by atoms with Crippen LogP contribution in [0, 0.1) is 0 Å². The number of hydrogen-bond acceptors (Lipinski definition) is 2. The number of aliphatic imine (C=N–C) groups is 1. The van der Waals surface area contributed by atoms with E-state index >= 15 is 0 Å². The lowest BCUT2D eigenvalue weighted by atomic mass is 10.1. The molecule has 6 nitrogen and oxygen atoms in total. The van der Waals surface area contributed by atoms with Gasteiger partial charge < -0.3 is 20.5 Å². The maximum atomic E-state index is 11.9. The van der Waals surface area contributed by atoms with Gasteiger partial charge >= 0.3 is 0 Å². The van der Waals surface area contributed by atoms with Crippen molar-refractivity contribution < 1.29 is 4.79 Å². The molecule has 1 saturated heterocycles. The third-order valence-electron chi connectivity index (χ3n) is 5.45. The first-order chi connectivity index (χ1) is 14.7. The molecular weight excluding hydrogens is 501 g/mol. The van der Waals surface area contributed by atoms with Gasteiger partial charge in [0.25, 0.3) is 0 Å². The van der Waals surface area contributed by atoms with Gasteiger partial charge in [-0.05, 0) is 49.1 Å². The summed E-state index contributed by atoms with van der Waals surface area (Å²) in [4.78, 5) is 21.8. The van der Waals surface area contributed by atoms with Gasteiger partial charge in [0.15, 0.2) is 5.96 Å². The van der Waals surface area contributed by atoms with Crippen LogP contribution in [0.25, 0.3) is 10.9 Å². The van der Waals surface area contributed by atoms with Crippen molar-refractivity contribution in [3.8, 4) is 0 Å². The van der Waals surface area contributed by atoms with E-state index in [2.05, 4.69) is 59.1 Å². The second kappa shape index (κ2) is 11.2. The van der Waals surface area contributed by atoms with Gasteiger partial charge in [0, 0.05) is 48.8 Å². The van der Waals surface area contributed by atoms with Crippen molar-refractivity contribution >= 4 is 52.4 Å². The molecule has 0 spiro atoms. The molecule has 0 aliphatic carbocycles. The number of benzene rings is 2. The molecule has 3 N–H and O–H groups in total. The van der Waals surface area contributed by atoms with Crippen molar-refractivity contribution in [1.82, 2.24) is 15.6 Å². The van der Waals surface area contributed by atoms with Gasteiger partial charge in [-0.3, -0.25) is 4.79 Å². The van der Waals surface area contributed by atoms with Crippen LogP contribution in [0.3, 0.4) is 0 Å². The van der Waals surface area contributed by atoms with E-state index in [0.717, 1.165) is 49.7 Å². The Morgan fingerprint density at radius 1 is 1.13 bits per heavy atom. The third-order valence-corrected chi connectivity index (χ3v) is 5.45. The minimum atomic E-state index is 0. The summed E-state index contributed by atoms with van der Waals surface area (Å²) in [6.07, 6.45) is 4.61. The normalized spacial score (nSPS) is 14.0. The number of para-hydroxylation sites is 1. The van der Waals surface area contributed by atoms with Crippen LogP contribution >= 0.6 is 24.0 Å². The summed E-state index contributed by atoms with van der Waals surface area (Å²) >= 11 is 0. The molecule has 2 aromatic carbocycles. The Balaban J connectivity index is 0.00000272. The second-order valence-corrected chi connectivity index (χ2v) is 7.55. The maximum Gasteiger partial charge on any atom is 0.227 e. The summed E-state index contributed by atoms with van der Waals surface area (Å²) in [5.74, 6) is 1.03. The molecule has 4 rings (SSSR count). The second-order valence-electron chi connectivity index (χ2n) is 7.55. The zero-order chi connectivity index (χ0) is 20.8. The van der Waals surface area contributed by atoms with Gasteiger partial charge in [0.1, 0.15) is 0 Å². The summed E-state index contributed by atoms with van der Waals surface area (Å²) in [7, 11) is 0. The molecular formula is C24H30IN5O. The molecule has 0 atom stereocenters. The summed E-state index contributed by atoms with van der Waals surface area (Å²) in [5, 5.41) is 8.01. The molecule has 1 aliphatic rings. The van der Waals surface area contributed by atoms with E-state index in [1.54, 1.807) is 0 Å². The Morgan fingerprint density at radius 2 is 1.94 bits per heavy atom. The van der Waals surface area contributed by atoms with Gasteiger partial charge in [-0.2, -0.15) is 0 Å². The molecule has 0 unspecified atom stereocenters. The van der Waals surface area contributed by atoms with Crippen molar-refractivity contribution in [1.29, 1.82) is 0 Å². The molecule has 2 heterocycles. The lowest BCUT2D eigenvalue weighted by molar-refractivity contribution is -0.117. The van der Waals surface area contributed by atoms with E-state index in [1.807, 2.05) is 23.1 Å². The summed E-state index contributed by atoms with van der Waals surface area (Å²) in [6.45, 7) is 5.11. The number of rotatable bonds is 7. The van der Waals surface area contributed by atoms with Crippen LogP contribution in [0.15, 0.2) is 59.7 Å². The van der Waals surface area contributed by atoms with Gasteiger partial charge in [-0.15, -0.1) is 24.0 Å². The number of nitrogens with zero attached hydrogens (tertiary/aromatic N) is 2.